The lowest BCUT2D eigenvalue weighted by molar-refractivity contribution is 0.0937. The minimum absolute atomic E-state index is 0.0784. The molecule has 2 amide bonds. The maximum Gasteiger partial charge on any atom is 0.255 e. The number of carbonyl (C=O) groups excluding carboxylic acids is 2. The van der Waals surface area contributed by atoms with Crippen LogP contribution >= 0.6 is 0 Å². The summed E-state index contributed by atoms with van der Waals surface area (Å²) in [5.74, 6) is 0.357. The summed E-state index contributed by atoms with van der Waals surface area (Å²) >= 11 is 0. The van der Waals surface area contributed by atoms with Crippen LogP contribution in [-0.4, -0.2) is 31.5 Å². The first kappa shape index (κ1) is 74.0. The lowest BCUT2D eigenvalue weighted by Crippen LogP contribution is -2.26. The highest BCUT2D eigenvalue weighted by Crippen LogP contribution is 2.23. The second kappa shape index (κ2) is 62.6. The van der Waals surface area contributed by atoms with Crippen LogP contribution in [0.2, 0.25) is 0 Å². The quantitative estimate of drug-likeness (QED) is 0.0639. The molecule has 0 aliphatic carbocycles. The van der Waals surface area contributed by atoms with Crippen LogP contribution in [0.25, 0.3) is 0 Å². The van der Waals surface area contributed by atoms with Gasteiger partial charge in [0.05, 0.1) is 12.2 Å². The van der Waals surface area contributed by atoms with Gasteiger partial charge in [-0.2, -0.15) is 0 Å². The Morgan fingerprint density at radius 1 is 0.282 bits per heavy atom. The van der Waals surface area contributed by atoms with Crippen LogP contribution in [0.1, 0.15) is 420 Å². The number of amides is 2. The zero-order valence-corrected chi connectivity index (χ0v) is 53.3. The molecule has 5 nitrogen and oxygen atoms in total. The Balaban J connectivity index is 2.06. The molecule has 0 spiro atoms. The molecule has 0 fully saturated rings. The molecule has 5 heteroatoms. The summed E-state index contributed by atoms with van der Waals surface area (Å²) in [5.41, 5.74) is 1.11. The first-order chi connectivity index (χ1) is 38.6. The molecule has 0 saturated heterocycles. The monoisotopic (exact) mass is 1090 g/mol. The zero-order chi connectivity index (χ0) is 56.0. The highest BCUT2D eigenvalue weighted by atomic mass is 16.5. The van der Waals surface area contributed by atoms with E-state index in [9.17, 15) is 9.59 Å². The van der Waals surface area contributed by atoms with Gasteiger partial charge in [-0.1, -0.05) is 380 Å². The van der Waals surface area contributed by atoms with Gasteiger partial charge in [0.2, 0.25) is 0 Å². The molecule has 0 heterocycles. The van der Waals surface area contributed by atoms with Crippen molar-refractivity contribution in [2.45, 2.75) is 400 Å². The molecule has 2 N–H and O–H groups in total. The number of rotatable bonds is 65. The van der Waals surface area contributed by atoms with Gasteiger partial charge in [0.15, 0.2) is 0 Å². The van der Waals surface area contributed by atoms with Crippen molar-refractivity contribution in [1.82, 2.24) is 10.6 Å². The van der Waals surface area contributed by atoms with Gasteiger partial charge in [-0.05, 0) is 37.5 Å². The van der Waals surface area contributed by atoms with Crippen LogP contribution in [0.15, 0.2) is 18.2 Å². The van der Waals surface area contributed by atoms with E-state index in [2.05, 4.69) is 31.4 Å². The lowest BCUT2D eigenvalue weighted by atomic mass is 10.0. The largest absolute Gasteiger partial charge is 0.493 e. The first-order valence-corrected chi connectivity index (χ1v) is 36.0. The van der Waals surface area contributed by atoms with Gasteiger partial charge in [0.1, 0.15) is 5.75 Å². The van der Waals surface area contributed by atoms with Crippen LogP contribution in [0.3, 0.4) is 0 Å². The van der Waals surface area contributed by atoms with E-state index in [1.807, 2.05) is 0 Å². The molecule has 0 atom stereocenters. The highest BCUT2D eigenvalue weighted by Gasteiger charge is 2.16. The summed E-state index contributed by atoms with van der Waals surface area (Å²) in [6.07, 6.45) is 81.1. The Hall–Kier alpha value is -2.04. The summed E-state index contributed by atoms with van der Waals surface area (Å²) in [6.45, 7) is 8.77. The van der Waals surface area contributed by atoms with Crippen molar-refractivity contribution in [2.24, 2.45) is 0 Å². The van der Waals surface area contributed by atoms with Gasteiger partial charge in [-0.3, -0.25) is 9.59 Å². The van der Waals surface area contributed by atoms with Gasteiger partial charge in [-0.25, -0.2) is 0 Å². The van der Waals surface area contributed by atoms with Crippen LogP contribution < -0.4 is 15.4 Å². The third-order valence-corrected chi connectivity index (χ3v) is 17.1. The van der Waals surface area contributed by atoms with E-state index < -0.39 is 0 Å². The Labute approximate surface area is 488 Å². The smallest absolute Gasteiger partial charge is 0.255 e. The van der Waals surface area contributed by atoms with Crippen LogP contribution in [0, 0.1) is 0 Å². The first-order valence-electron chi connectivity index (χ1n) is 36.0. The summed E-state index contributed by atoms with van der Waals surface area (Å²) in [5, 5.41) is 6.29. The number of hydrogen-bond donors (Lipinski definition) is 2. The standard InChI is InChI=1S/C73H138N2O3/c1-4-7-10-13-15-17-19-21-23-25-27-29-31-33-35-37-39-41-43-45-47-49-51-53-55-57-60-65-74-72(76)69-63-64-70(71(68-69)78-67-62-59-12-9-6-3)73(77)75-66-61-58-56-54-52-50-48-46-44-42-40-38-36-34-32-30-28-26-24-22-20-18-16-14-11-8-5-2/h63-64,68H,4-62,65-67H2,1-3H3,(H,74,76)(H,75,77). The molecule has 0 radical (unpaired) electrons. The molecule has 458 valence electrons. The molecule has 0 aliphatic heterocycles. The predicted octanol–water partition coefficient (Wildman–Crippen LogP) is 24.6. The number of carbonyl (C=O) groups is 2. The van der Waals surface area contributed by atoms with E-state index in [1.165, 1.54) is 340 Å². The maximum absolute atomic E-state index is 13.4. The molecule has 0 aliphatic rings. The van der Waals surface area contributed by atoms with Crippen molar-refractivity contribution in [3.8, 4) is 5.75 Å². The molecular formula is C73H138N2O3. The van der Waals surface area contributed by atoms with Gasteiger partial charge in [0.25, 0.3) is 11.8 Å². The predicted molar refractivity (Wildman–Crippen MR) is 346 cm³/mol. The second-order valence-electron chi connectivity index (χ2n) is 24.9. The average molecular weight is 1090 g/mol. The lowest BCUT2D eigenvalue weighted by Gasteiger charge is -2.14. The van der Waals surface area contributed by atoms with Gasteiger partial charge in [-0.15, -0.1) is 0 Å². The van der Waals surface area contributed by atoms with E-state index in [1.54, 1.807) is 18.2 Å². The topological polar surface area (TPSA) is 67.4 Å². The summed E-state index contributed by atoms with van der Waals surface area (Å²) in [7, 11) is 0. The molecule has 78 heavy (non-hydrogen) atoms. The second-order valence-corrected chi connectivity index (χ2v) is 24.9. The van der Waals surface area contributed by atoms with Crippen LogP contribution in [-0.2, 0) is 0 Å². The van der Waals surface area contributed by atoms with Crippen molar-refractivity contribution in [2.75, 3.05) is 19.7 Å². The zero-order valence-electron chi connectivity index (χ0n) is 53.3. The molecule has 0 aromatic heterocycles. The molecule has 1 aromatic rings. The van der Waals surface area contributed by atoms with Crippen molar-refractivity contribution in [3.05, 3.63) is 29.3 Å². The fraction of sp³-hybridized carbons (Fsp3) is 0.890. The SMILES string of the molecule is CCCCCCCCCCCCCCCCCCCCCCCCCCCCCNC(=O)c1ccc(C(=O)NCCCCCCCCCCCCCCCCCCCCCCCCCCCCC)c(OCCCCCCC)c1. The minimum Gasteiger partial charge on any atom is -0.493 e. The van der Waals surface area contributed by atoms with Crippen LogP contribution in [0.4, 0.5) is 0 Å². The van der Waals surface area contributed by atoms with Gasteiger partial charge >= 0.3 is 0 Å². The molecule has 1 rings (SSSR count). The molecule has 1 aromatic carbocycles. The van der Waals surface area contributed by atoms with Crippen LogP contribution in [0.5, 0.6) is 5.75 Å². The molecule has 0 saturated carbocycles. The van der Waals surface area contributed by atoms with E-state index in [0.717, 1.165) is 38.5 Å². The van der Waals surface area contributed by atoms with Crippen molar-refractivity contribution in [1.29, 1.82) is 0 Å². The van der Waals surface area contributed by atoms with Gasteiger partial charge < -0.3 is 15.4 Å². The Bertz CT molecular complexity index is 1360. The Kier molecular flexibility index (Phi) is 59.3. The van der Waals surface area contributed by atoms with E-state index in [0.29, 0.717) is 36.6 Å². The molecule has 0 bridgehead atoms. The van der Waals surface area contributed by atoms with Crippen molar-refractivity contribution >= 4 is 11.8 Å². The third kappa shape index (κ3) is 52.1. The fourth-order valence-corrected chi connectivity index (χ4v) is 11.7. The third-order valence-electron chi connectivity index (χ3n) is 17.1. The number of benzene rings is 1. The van der Waals surface area contributed by atoms with E-state index >= 15 is 0 Å². The minimum atomic E-state index is -0.0986. The van der Waals surface area contributed by atoms with Crippen molar-refractivity contribution in [3.63, 3.8) is 0 Å². The number of unbranched alkanes of at least 4 members (excludes halogenated alkanes) is 56. The number of ether oxygens (including phenoxy) is 1. The normalized spacial score (nSPS) is 11.5. The summed E-state index contributed by atoms with van der Waals surface area (Å²) in [6, 6.07) is 5.38. The maximum atomic E-state index is 13.4. The molecular weight excluding hydrogens is 953 g/mol. The summed E-state index contributed by atoms with van der Waals surface area (Å²) < 4.78 is 6.22. The molecule has 0 unspecified atom stereocenters. The van der Waals surface area contributed by atoms with E-state index in [4.69, 9.17) is 4.74 Å². The Morgan fingerprint density at radius 3 is 0.756 bits per heavy atom. The van der Waals surface area contributed by atoms with E-state index in [-0.39, 0.29) is 11.8 Å². The summed E-state index contributed by atoms with van der Waals surface area (Å²) in [4.78, 5) is 26.6. The Morgan fingerprint density at radius 2 is 0.500 bits per heavy atom. The van der Waals surface area contributed by atoms with Crippen molar-refractivity contribution < 1.29 is 14.3 Å². The van der Waals surface area contributed by atoms with Gasteiger partial charge in [0, 0.05) is 18.7 Å². The highest BCUT2D eigenvalue weighted by molar-refractivity contribution is 6.00. The fourth-order valence-electron chi connectivity index (χ4n) is 11.7. The number of hydrogen-bond acceptors (Lipinski definition) is 3. The average Bonchev–Trinajstić information content (AvgIpc) is 3.46. The number of nitrogens with one attached hydrogen (secondary N) is 2.